The quantitative estimate of drug-likeness (QED) is 0.182. The molecule has 5 nitrogen and oxygen atoms in total. The molecule has 0 spiro atoms. The second-order valence-corrected chi connectivity index (χ2v) is 14.2. The van der Waals surface area contributed by atoms with Gasteiger partial charge in [0.1, 0.15) is 34.0 Å². The van der Waals surface area contributed by atoms with E-state index in [0.717, 1.165) is 81.9 Å². The van der Waals surface area contributed by atoms with Crippen molar-refractivity contribution in [3.05, 3.63) is 169 Å². The second-order valence-electron chi connectivity index (χ2n) is 14.2. The number of fused-ring (bicyclic) bond motifs is 14. The third kappa shape index (κ3) is 3.99. The van der Waals surface area contributed by atoms with Gasteiger partial charge in [-0.25, -0.2) is 8.78 Å². The summed E-state index contributed by atoms with van der Waals surface area (Å²) in [4.78, 5) is 0. The van der Waals surface area contributed by atoms with Crippen LogP contribution in [0.2, 0.25) is 0 Å². The minimum atomic E-state index is -0.755. The van der Waals surface area contributed by atoms with E-state index in [1.807, 2.05) is 72.8 Å². The molecular weight excluding hydrogens is 701 g/mol. The standard InChI is InChI=1S/C49H25F2N3O2/c50-35-14-9-15-36(51)45(35)34-25-40(54-38-17-6-2-11-29(38)31-21-23-44-47(49(31)54)33-13-4-8-19-42(33)56-44)39(24-27(34)26-52)53-37-16-5-1-10-28(37)30-20-22-43-46(48(30)53)32-12-3-7-18-41(32)55-43/h1-25H. The van der Waals surface area contributed by atoms with E-state index < -0.39 is 11.6 Å². The molecule has 4 aromatic heterocycles. The van der Waals surface area contributed by atoms with Gasteiger partial charge in [0.2, 0.25) is 0 Å². The molecular formula is C49H25F2N3O2. The summed E-state index contributed by atoms with van der Waals surface area (Å²) in [5.41, 5.74) is 7.77. The number of rotatable bonds is 3. The molecule has 0 amide bonds. The van der Waals surface area contributed by atoms with Crippen LogP contribution in [0.1, 0.15) is 5.56 Å². The largest absolute Gasteiger partial charge is 0.456 e. The van der Waals surface area contributed by atoms with Gasteiger partial charge in [-0.1, -0.05) is 78.9 Å². The Morgan fingerprint density at radius 3 is 1.43 bits per heavy atom. The number of halogens is 2. The first-order valence-electron chi connectivity index (χ1n) is 18.3. The SMILES string of the molecule is N#Cc1cc(-n2c3ccccc3c3ccc4oc5ccccc5c4c32)c(-n2c3ccccc3c3ccc4oc5ccccc5c4c32)cc1-c1c(F)cccc1F. The summed E-state index contributed by atoms with van der Waals surface area (Å²) in [5, 5.41) is 18.6. The van der Waals surface area contributed by atoms with E-state index in [2.05, 4.69) is 63.7 Å². The lowest BCUT2D eigenvalue weighted by Gasteiger charge is -2.20. The number of hydrogen-bond donors (Lipinski definition) is 0. The normalized spacial score (nSPS) is 12.1. The fourth-order valence-electron chi connectivity index (χ4n) is 9.02. The lowest BCUT2D eigenvalue weighted by atomic mass is 9.97. The van der Waals surface area contributed by atoms with Gasteiger partial charge in [0.15, 0.2) is 0 Å². The molecule has 0 unspecified atom stereocenters. The van der Waals surface area contributed by atoms with Crippen LogP contribution in [0.15, 0.2) is 160 Å². The molecule has 0 saturated heterocycles. The molecule has 12 aromatic rings. The Balaban J connectivity index is 1.35. The third-order valence-electron chi connectivity index (χ3n) is 11.3. The smallest absolute Gasteiger partial charge is 0.137 e. The first-order valence-corrected chi connectivity index (χ1v) is 18.3. The fraction of sp³-hybridized carbons (Fsp3) is 0. The third-order valence-corrected chi connectivity index (χ3v) is 11.3. The number of nitriles is 1. The zero-order valence-corrected chi connectivity index (χ0v) is 29.3. The van der Waals surface area contributed by atoms with Crippen molar-refractivity contribution in [1.29, 1.82) is 5.26 Å². The Hall–Kier alpha value is -7.69. The second kappa shape index (κ2) is 11.2. The van der Waals surface area contributed by atoms with E-state index >= 15 is 8.78 Å². The van der Waals surface area contributed by atoms with Gasteiger partial charge in [-0.15, -0.1) is 0 Å². The molecule has 0 radical (unpaired) electrons. The van der Waals surface area contributed by atoms with Gasteiger partial charge < -0.3 is 18.0 Å². The van der Waals surface area contributed by atoms with Crippen molar-refractivity contribution in [2.75, 3.05) is 0 Å². The Kier molecular flexibility index (Phi) is 6.13. The summed E-state index contributed by atoms with van der Waals surface area (Å²) in [6.45, 7) is 0. The minimum absolute atomic E-state index is 0.127. The Morgan fingerprint density at radius 2 is 0.911 bits per heavy atom. The van der Waals surface area contributed by atoms with E-state index in [4.69, 9.17) is 8.83 Å². The number of nitrogens with zero attached hydrogens (tertiary/aromatic N) is 3. The summed E-state index contributed by atoms with van der Waals surface area (Å²) in [6.07, 6.45) is 0. The summed E-state index contributed by atoms with van der Waals surface area (Å²) in [7, 11) is 0. The Bertz CT molecular complexity index is 3690. The van der Waals surface area contributed by atoms with Crippen LogP contribution in [-0.4, -0.2) is 9.13 Å². The van der Waals surface area contributed by atoms with Crippen molar-refractivity contribution in [3.63, 3.8) is 0 Å². The van der Waals surface area contributed by atoms with E-state index in [-0.39, 0.29) is 16.7 Å². The van der Waals surface area contributed by atoms with Crippen LogP contribution in [0.5, 0.6) is 0 Å². The summed E-state index contributed by atoms with van der Waals surface area (Å²) < 4.78 is 48.9. The molecule has 0 N–H and O–H groups in total. The molecule has 4 heterocycles. The van der Waals surface area contributed by atoms with Gasteiger partial charge in [0.05, 0.1) is 61.4 Å². The van der Waals surface area contributed by atoms with Crippen LogP contribution in [0.4, 0.5) is 8.78 Å². The first-order chi connectivity index (χ1) is 27.6. The molecule has 262 valence electrons. The van der Waals surface area contributed by atoms with Crippen LogP contribution in [-0.2, 0) is 0 Å². The van der Waals surface area contributed by atoms with Gasteiger partial charge in [0, 0.05) is 37.9 Å². The summed E-state index contributed by atoms with van der Waals surface area (Å²) in [6, 6.07) is 50.1. The molecule has 0 aliphatic carbocycles. The van der Waals surface area contributed by atoms with Gasteiger partial charge >= 0.3 is 0 Å². The van der Waals surface area contributed by atoms with E-state index in [1.165, 1.54) is 18.2 Å². The maximum atomic E-state index is 15.9. The molecule has 0 aliphatic heterocycles. The molecule has 0 saturated carbocycles. The summed E-state index contributed by atoms with van der Waals surface area (Å²) in [5.74, 6) is -1.51. The fourth-order valence-corrected chi connectivity index (χ4v) is 9.02. The highest BCUT2D eigenvalue weighted by Crippen LogP contribution is 2.46. The minimum Gasteiger partial charge on any atom is -0.456 e. The topological polar surface area (TPSA) is 59.9 Å². The van der Waals surface area contributed by atoms with E-state index in [9.17, 15) is 5.26 Å². The zero-order valence-electron chi connectivity index (χ0n) is 29.3. The van der Waals surface area contributed by atoms with Crippen molar-refractivity contribution >= 4 is 87.5 Å². The molecule has 0 atom stereocenters. The van der Waals surface area contributed by atoms with Crippen LogP contribution < -0.4 is 0 Å². The molecule has 0 bridgehead atoms. The highest BCUT2D eigenvalue weighted by Gasteiger charge is 2.27. The van der Waals surface area contributed by atoms with Crippen LogP contribution >= 0.6 is 0 Å². The molecule has 0 fully saturated rings. The molecule has 0 aliphatic rings. The number of aromatic nitrogens is 2. The summed E-state index contributed by atoms with van der Waals surface area (Å²) >= 11 is 0. The predicted octanol–water partition coefficient (Wildman–Crippen LogP) is 13.5. The van der Waals surface area contributed by atoms with Crippen LogP contribution in [0.25, 0.3) is 110 Å². The van der Waals surface area contributed by atoms with Crippen molar-refractivity contribution in [1.82, 2.24) is 9.13 Å². The van der Waals surface area contributed by atoms with Gasteiger partial charge in [-0.2, -0.15) is 5.26 Å². The van der Waals surface area contributed by atoms with Crippen LogP contribution in [0, 0.1) is 23.0 Å². The Labute approximate surface area is 316 Å². The number of hydrogen-bond acceptors (Lipinski definition) is 3. The molecule has 56 heavy (non-hydrogen) atoms. The molecule has 7 heteroatoms. The van der Waals surface area contributed by atoms with Gasteiger partial charge in [-0.05, 0) is 72.8 Å². The van der Waals surface area contributed by atoms with Crippen molar-refractivity contribution < 1.29 is 17.6 Å². The monoisotopic (exact) mass is 725 g/mol. The van der Waals surface area contributed by atoms with Gasteiger partial charge in [-0.3, -0.25) is 0 Å². The first kappa shape index (κ1) is 30.7. The maximum absolute atomic E-state index is 15.9. The lowest BCUT2D eigenvalue weighted by Crippen LogP contribution is -2.06. The molecule has 8 aromatic carbocycles. The van der Waals surface area contributed by atoms with Crippen molar-refractivity contribution in [3.8, 4) is 28.6 Å². The van der Waals surface area contributed by atoms with Crippen molar-refractivity contribution in [2.45, 2.75) is 0 Å². The maximum Gasteiger partial charge on any atom is 0.137 e. The van der Waals surface area contributed by atoms with E-state index in [0.29, 0.717) is 17.0 Å². The molecule has 12 rings (SSSR count). The number of para-hydroxylation sites is 4. The highest BCUT2D eigenvalue weighted by atomic mass is 19.1. The average molecular weight is 726 g/mol. The van der Waals surface area contributed by atoms with Gasteiger partial charge in [0.25, 0.3) is 0 Å². The number of furan rings is 2. The predicted molar refractivity (Wildman–Crippen MR) is 220 cm³/mol. The van der Waals surface area contributed by atoms with E-state index in [1.54, 1.807) is 12.1 Å². The van der Waals surface area contributed by atoms with Crippen molar-refractivity contribution in [2.24, 2.45) is 0 Å². The highest BCUT2D eigenvalue weighted by molar-refractivity contribution is 6.26. The number of benzene rings is 8. The van der Waals surface area contributed by atoms with Crippen LogP contribution in [0.3, 0.4) is 0 Å². The lowest BCUT2D eigenvalue weighted by molar-refractivity contribution is 0.589. The average Bonchev–Trinajstić information content (AvgIpc) is 3.98. The Morgan fingerprint density at radius 1 is 0.446 bits per heavy atom. The zero-order chi connectivity index (χ0) is 37.2.